The molecular weight excluding hydrogens is 224 g/mol. The Hall–Kier alpha value is -0.870. The molecule has 0 spiro atoms. The summed E-state index contributed by atoms with van der Waals surface area (Å²) in [5.41, 5.74) is 7.37. The molecular formula is C14H24N4. The van der Waals surface area contributed by atoms with Crippen LogP contribution >= 0.6 is 0 Å². The van der Waals surface area contributed by atoms with Crippen LogP contribution in [0, 0.1) is 5.92 Å². The Labute approximate surface area is 109 Å². The fourth-order valence-electron chi connectivity index (χ4n) is 3.17. The number of likely N-dealkylation sites (tertiary alicyclic amines) is 1. The minimum Gasteiger partial charge on any atom is -0.330 e. The number of nitrogens with two attached hydrogens (primary N) is 1. The molecule has 1 aromatic heterocycles. The number of aromatic nitrogens is 2. The zero-order valence-corrected chi connectivity index (χ0v) is 11.3. The molecule has 2 atom stereocenters. The lowest BCUT2D eigenvalue weighted by atomic mass is 10.1. The number of hydrogen-bond donors (Lipinski definition) is 1. The van der Waals surface area contributed by atoms with Crippen LogP contribution in [0.5, 0.6) is 0 Å². The fourth-order valence-corrected chi connectivity index (χ4v) is 3.17. The summed E-state index contributed by atoms with van der Waals surface area (Å²) in [4.78, 5) is 6.90. The van der Waals surface area contributed by atoms with Gasteiger partial charge in [-0.05, 0) is 31.7 Å². The van der Waals surface area contributed by atoms with E-state index in [2.05, 4.69) is 21.4 Å². The Morgan fingerprint density at radius 1 is 1.44 bits per heavy atom. The number of imidazole rings is 1. The summed E-state index contributed by atoms with van der Waals surface area (Å²) in [5, 5.41) is 0. The highest BCUT2D eigenvalue weighted by atomic mass is 15.2. The first-order chi connectivity index (χ1) is 8.83. The first-order valence-corrected chi connectivity index (χ1v) is 7.29. The summed E-state index contributed by atoms with van der Waals surface area (Å²) in [7, 11) is 0. The van der Waals surface area contributed by atoms with Crippen molar-refractivity contribution in [2.24, 2.45) is 11.7 Å². The monoisotopic (exact) mass is 248 g/mol. The molecule has 4 nitrogen and oxygen atoms in total. The third-order valence-corrected chi connectivity index (χ3v) is 4.54. The van der Waals surface area contributed by atoms with E-state index in [1.807, 2.05) is 12.5 Å². The summed E-state index contributed by atoms with van der Waals surface area (Å²) >= 11 is 0. The molecule has 4 heteroatoms. The van der Waals surface area contributed by atoms with Gasteiger partial charge in [-0.2, -0.15) is 0 Å². The maximum absolute atomic E-state index is 6.04. The predicted octanol–water partition coefficient (Wildman–Crippen LogP) is 1.95. The second kappa shape index (κ2) is 5.02. The highest BCUT2D eigenvalue weighted by Gasteiger charge is 2.32. The van der Waals surface area contributed by atoms with Gasteiger partial charge in [-0.3, -0.25) is 4.90 Å². The van der Waals surface area contributed by atoms with E-state index in [0.717, 1.165) is 5.92 Å². The van der Waals surface area contributed by atoms with Crippen LogP contribution < -0.4 is 5.73 Å². The third-order valence-electron chi connectivity index (χ3n) is 4.54. The highest BCUT2D eigenvalue weighted by molar-refractivity contribution is 5.10. The zero-order valence-electron chi connectivity index (χ0n) is 11.3. The average molecular weight is 248 g/mol. The fraction of sp³-hybridized carbons (Fsp3) is 0.786. The van der Waals surface area contributed by atoms with E-state index < -0.39 is 0 Å². The van der Waals surface area contributed by atoms with Gasteiger partial charge < -0.3 is 10.3 Å². The molecule has 2 N–H and O–H groups in total. The Bertz CT molecular complexity index is 396. The van der Waals surface area contributed by atoms with E-state index in [1.54, 1.807) is 0 Å². The topological polar surface area (TPSA) is 47.1 Å². The maximum atomic E-state index is 6.04. The molecule has 0 amide bonds. The van der Waals surface area contributed by atoms with Crippen molar-refractivity contribution in [3.8, 4) is 0 Å². The van der Waals surface area contributed by atoms with Gasteiger partial charge >= 0.3 is 0 Å². The van der Waals surface area contributed by atoms with Crippen LogP contribution in [-0.4, -0.2) is 34.1 Å². The van der Waals surface area contributed by atoms with E-state index in [4.69, 9.17) is 5.73 Å². The molecule has 2 unspecified atom stereocenters. The Morgan fingerprint density at radius 3 is 2.89 bits per heavy atom. The second-order valence-electron chi connectivity index (χ2n) is 5.77. The molecule has 1 aliphatic heterocycles. The molecule has 1 saturated carbocycles. The van der Waals surface area contributed by atoms with Gasteiger partial charge in [-0.1, -0.05) is 13.3 Å². The molecule has 1 aromatic rings. The Balaban J connectivity index is 1.77. The molecule has 3 rings (SSSR count). The van der Waals surface area contributed by atoms with Crippen molar-refractivity contribution in [3.63, 3.8) is 0 Å². The van der Waals surface area contributed by atoms with E-state index in [0.29, 0.717) is 18.6 Å². The largest absolute Gasteiger partial charge is 0.330 e. The second-order valence-corrected chi connectivity index (χ2v) is 5.77. The van der Waals surface area contributed by atoms with Crippen molar-refractivity contribution < 1.29 is 0 Å². The van der Waals surface area contributed by atoms with Crippen LogP contribution in [0.1, 0.15) is 50.4 Å². The summed E-state index contributed by atoms with van der Waals surface area (Å²) in [6.07, 6.45) is 9.23. The van der Waals surface area contributed by atoms with Gasteiger partial charge in [0.25, 0.3) is 0 Å². The standard InChI is InChI=1S/C14H24N4/c1-2-11-5-6-17(9-11)13(7-15)14-8-16-10-18(14)12-3-4-12/h8,10-13H,2-7,9,15H2,1H3. The summed E-state index contributed by atoms with van der Waals surface area (Å²) in [6.45, 7) is 5.39. The molecule has 2 heterocycles. The first-order valence-electron chi connectivity index (χ1n) is 7.29. The summed E-state index contributed by atoms with van der Waals surface area (Å²) < 4.78 is 2.36. The first kappa shape index (κ1) is 12.2. The zero-order chi connectivity index (χ0) is 12.5. The van der Waals surface area contributed by atoms with Crippen molar-refractivity contribution in [3.05, 3.63) is 18.2 Å². The van der Waals surface area contributed by atoms with Crippen LogP contribution in [0.4, 0.5) is 0 Å². The molecule has 18 heavy (non-hydrogen) atoms. The molecule has 0 radical (unpaired) electrons. The number of hydrogen-bond acceptors (Lipinski definition) is 3. The van der Waals surface area contributed by atoms with Crippen LogP contribution in [0.2, 0.25) is 0 Å². The van der Waals surface area contributed by atoms with Crippen molar-refractivity contribution in [1.82, 2.24) is 14.5 Å². The van der Waals surface area contributed by atoms with Crippen LogP contribution in [-0.2, 0) is 0 Å². The minimum atomic E-state index is 0.365. The SMILES string of the molecule is CCC1CCN(C(CN)c2cncn2C2CC2)C1. The molecule has 0 aromatic carbocycles. The average Bonchev–Trinajstić information content (AvgIpc) is 2.94. The Kier molecular flexibility index (Phi) is 3.39. The molecule has 1 aliphatic carbocycles. The molecule has 2 aliphatic rings. The number of nitrogens with zero attached hydrogens (tertiary/aromatic N) is 3. The highest BCUT2D eigenvalue weighted by Crippen LogP contribution is 2.38. The maximum Gasteiger partial charge on any atom is 0.0951 e. The van der Waals surface area contributed by atoms with Crippen molar-refractivity contribution >= 4 is 0 Å². The lowest BCUT2D eigenvalue weighted by molar-refractivity contribution is 0.231. The summed E-state index contributed by atoms with van der Waals surface area (Å²) in [6, 6.07) is 1.06. The third kappa shape index (κ3) is 2.19. The predicted molar refractivity (Wildman–Crippen MR) is 72.3 cm³/mol. The van der Waals surface area contributed by atoms with Gasteiger partial charge in [-0.15, -0.1) is 0 Å². The van der Waals surface area contributed by atoms with Crippen molar-refractivity contribution in [2.45, 2.75) is 44.7 Å². The minimum absolute atomic E-state index is 0.365. The van der Waals surface area contributed by atoms with Gasteiger partial charge in [0, 0.05) is 25.3 Å². The molecule has 1 saturated heterocycles. The van der Waals surface area contributed by atoms with Crippen molar-refractivity contribution in [1.29, 1.82) is 0 Å². The van der Waals surface area contributed by atoms with Crippen molar-refractivity contribution in [2.75, 3.05) is 19.6 Å². The van der Waals surface area contributed by atoms with Gasteiger partial charge in [-0.25, -0.2) is 4.98 Å². The lowest BCUT2D eigenvalue weighted by Crippen LogP contribution is -2.33. The van der Waals surface area contributed by atoms with E-state index >= 15 is 0 Å². The molecule has 2 fully saturated rings. The normalized spacial score (nSPS) is 26.7. The van der Waals surface area contributed by atoms with Gasteiger partial charge in [0.05, 0.1) is 18.1 Å². The molecule has 100 valence electrons. The van der Waals surface area contributed by atoms with Crippen LogP contribution in [0.15, 0.2) is 12.5 Å². The quantitative estimate of drug-likeness (QED) is 0.866. The van der Waals surface area contributed by atoms with E-state index in [1.165, 1.54) is 44.5 Å². The van der Waals surface area contributed by atoms with Gasteiger partial charge in [0.1, 0.15) is 0 Å². The lowest BCUT2D eigenvalue weighted by Gasteiger charge is -2.27. The summed E-state index contributed by atoms with van der Waals surface area (Å²) in [5.74, 6) is 0.858. The van der Waals surface area contributed by atoms with Crippen LogP contribution in [0.3, 0.4) is 0 Å². The van der Waals surface area contributed by atoms with Gasteiger partial charge in [0.2, 0.25) is 0 Å². The molecule has 0 bridgehead atoms. The van der Waals surface area contributed by atoms with Gasteiger partial charge in [0.15, 0.2) is 0 Å². The van der Waals surface area contributed by atoms with Crippen LogP contribution in [0.25, 0.3) is 0 Å². The van der Waals surface area contributed by atoms with E-state index in [-0.39, 0.29) is 0 Å². The smallest absolute Gasteiger partial charge is 0.0951 e. The van der Waals surface area contributed by atoms with E-state index in [9.17, 15) is 0 Å². The number of rotatable bonds is 5. The Morgan fingerprint density at radius 2 is 2.28 bits per heavy atom.